The van der Waals surface area contributed by atoms with Crippen LogP contribution in [0.3, 0.4) is 0 Å². The summed E-state index contributed by atoms with van der Waals surface area (Å²) in [6, 6.07) is 5.89. The zero-order valence-electron chi connectivity index (χ0n) is 9.22. The van der Waals surface area contributed by atoms with Gasteiger partial charge in [0.2, 0.25) is 5.75 Å². The molecule has 0 aliphatic heterocycles. The van der Waals surface area contributed by atoms with Gasteiger partial charge in [0.05, 0.1) is 0 Å². The van der Waals surface area contributed by atoms with E-state index in [4.69, 9.17) is 27.9 Å². The van der Waals surface area contributed by atoms with E-state index in [1.165, 1.54) is 23.0 Å². The van der Waals surface area contributed by atoms with Crippen LogP contribution in [0.25, 0.3) is 5.78 Å². The number of hydrogen-bond acceptors (Lipinski definition) is 4. The molecule has 0 unspecified atom stereocenters. The van der Waals surface area contributed by atoms with E-state index in [1.54, 1.807) is 12.1 Å². The minimum Gasteiger partial charge on any atom is -0.448 e. The molecule has 8 heteroatoms. The smallest absolute Gasteiger partial charge is 0.255 e. The summed E-state index contributed by atoms with van der Waals surface area (Å²) in [5.41, 5.74) is 0. The van der Waals surface area contributed by atoms with Crippen molar-refractivity contribution >= 4 is 29.0 Å². The highest BCUT2D eigenvalue weighted by molar-refractivity contribution is 6.36. The van der Waals surface area contributed by atoms with Gasteiger partial charge in [-0.1, -0.05) is 35.3 Å². The van der Waals surface area contributed by atoms with Gasteiger partial charge in [0.25, 0.3) is 5.78 Å². The second kappa shape index (κ2) is 4.64. The summed E-state index contributed by atoms with van der Waals surface area (Å²) in [6.45, 7) is 0. The zero-order chi connectivity index (χ0) is 13.4. The lowest BCUT2D eigenvalue weighted by molar-refractivity contribution is 0.438. The first-order chi connectivity index (χ1) is 9.16. The lowest BCUT2D eigenvalue weighted by atomic mass is 10.3. The number of nitrogens with zero attached hydrogens (tertiary/aromatic N) is 4. The number of benzene rings is 1. The fraction of sp³-hybridized carbons (Fsp3) is 0. The second-order valence-corrected chi connectivity index (χ2v) is 4.24. The monoisotopic (exact) mass is 298 g/mol. The summed E-state index contributed by atoms with van der Waals surface area (Å²) in [5.74, 6) is -0.289. The molecule has 1 aromatic carbocycles. The molecule has 0 N–H and O–H groups in total. The summed E-state index contributed by atoms with van der Waals surface area (Å²) in [6.07, 6.45) is 1.28. The molecule has 0 radical (unpaired) electrons. The van der Waals surface area contributed by atoms with E-state index < -0.39 is 5.82 Å². The Bertz CT molecular complexity index is 762. The van der Waals surface area contributed by atoms with Crippen LogP contribution in [0.2, 0.25) is 10.3 Å². The predicted molar refractivity (Wildman–Crippen MR) is 67.3 cm³/mol. The lowest BCUT2D eigenvalue weighted by Gasteiger charge is -2.09. The van der Waals surface area contributed by atoms with Crippen LogP contribution in [0.5, 0.6) is 11.5 Å². The molecule has 0 atom stereocenters. The van der Waals surface area contributed by atoms with Crippen LogP contribution in [-0.4, -0.2) is 19.6 Å². The number of aromatic nitrogens is 4. The molecule has 96 valence electrons. The van der Waals surface area contributed by atoms with Crippen molar-refractivity contribution < 1.29 is 9.13 Å². The highest BCUT2D eigenvalue weighted by Gasteiger charge is 2.17. The fourth-order valence-corrected chi connectivity index (χ4v) is 1.99. The molecule has 0 aliphatic carbocycles. The Morgan fingerprint density at radius 1 is 1.21 bits per heavy atom. The summed E-state index contributed by atoms with van der Waals surface area (Å²) in [4.78, 5) is 7.79. The van der Waals surface area contributed by atoms with Crippen molar-refractivity contribution in [3.8, 4) is 11.5 Å². The van der Waals surface area contributed by atoms with Gasteiger partial charge in [-0.2, -0.15) is 19.6 Å². The Balaban J connectivity index is 2.12. The molecule has 3 rings (SSSR count). The van der Waals surface area contributed by atoms with E-state index in [9.17, 15) is 4.39 Å². The van der Waals surface area contributed by atoms with E-state index >= 15 is 0 Å². The number of rotatable bonds is 2. The first kappa shape index (κ1) is 12.1. The SMILES string of the molecule is Fc1ccccc1Oc1c(Cl)nc2ncnn2c1Cl. The molecule has 3 aromatic rings. The maximum atomic E-state index is 13.5. The van der Waals surface area contributed by atoms with E-state index in [0.717, 1.165) is 0 Å². The fourth-order valence-electron chi connectivity index (χ4n) is 1.49. The molecule has 0 aliphatic rings. The number of halogens is 3. The summed E-state index contributed by atoms with van der Waals surface area (Å²) in [7, 11) is 0. The van der Waals surface area contributed by atoms with Gasteiger partial charge in [0.1, 0.15) is 6.33 Å². The molecule has 2 heterocycles. The molecule has 2 aromatic heterocycles. The van der Waals surface area contributed by atoms with Crippen molar-refractivity contribution in [3.05, 3.63) is 46.7 Å². The van der Waals surface area contributed by atoms with Crippen LogP contribution in [-0.2, 0) is 0 Å². The first-order valence-electron chi connectivity index (χ1n) is 5.14. The van der Waals surface area contributed by atoms with Crippen molar-refractivity contribution in [1.82, 2.24) is 19.6 Å². The summed E-state index contributed by atoms with van der Waals surface area (Å²) < 4.78 is 20.1. The van der Waals surface area contributed by atoms with Crippen LogP contribution in [0.15, 0.2) is 30.6 Å². The van der Waals surface area contributed by atoms with Crippen LogP contribution in [0.4, 0.5) is 4.39 Å². The molecule has 0 bridgehead atoms. The average molecular weight is 299 g/mol. The topological polar surface area (TPSA) is 52.3 Å². The van der Waals surface area contributed by atoms with E-state index in [0.29, 0.717) is 0 Å². The van der Waals surface area contributed by atoms with Gasteiger partial charge in [0.15, 0.2) is 21.9 Å². The zero-order valence-corrected chi connectivity index (χ0v) is 10.7. The molecule has 0 saturated carbocycles. The van der Waals surface area contributed by atoms with Crippen LogP contribution < -0.4 is 4.74 Å². The lowest BCUT2D eigenvalue weighted by Crippen LogP contribution is -1.99. The van der Waals surface area contributed by atoms with Gasteiger partial charge in [0, 0.05) is 0 Å². The van der Waals surface area contributed by atoms with Crippen LogP contribution in [0, 0.1) is 5.82 Å². The van der Waals surface area contributed by atoms with Crippen molar-refractivity contribution in [3.63, 3.8) is 0 Å². The molecule has 5 nitrogen and oxygen atoms in total. The van der Waals surface area contributed by atoms with E-state index in [1.807, 2.05) is 0 Å². The van der Waals surface area contributed by atoms with E-state index in [-0.39, 0.29) is 27.6 Å². The van der Waals surface area contributed by atoms with Crippen molar-refractivity contribution in [1.29, 1.82) is 0 Å². The van der Waals surface area contributed by atoms with Crippen LogP contribution >= 0.6 is 23.2 Å². The minimum atomic E-state index is -0.534. The molecule has 0 saturated heterocycles. The number of hydrogen-bond donors (Lipinski definition) is 0. The molecular weight excluding hydrogens is 294 g/mol. The quantitative estimate of drug-likeness (QED) is 0.681. The molecular formula is C11H5Cl2FN4O. The Morgan fingerprint density at radius 3 is 2.79 bits per heavy atom. The highest BCUT2D eigenvalue weighted by Crippen LogP contribution is 2.35. The average Bonchev–Trinajstić information content (AvgIpc) is 2.84. The first-order valence-corrected chi connectivity index (χ1v) is 5.89. The molecule has 19 heavy (non-hydrogen) atoms. The predicted octanol–water partition coefficient (Wildman–Crippen LogP) is 3.36. The maximum Gasteiger partial charge on any atom is 0.255 e. The third kappa shape index (κ3) is 2.09. The Labute approximate surface area is 116 Å². The third-order valence-corrected chi connectivity index (χ3v) is 2.93. The number of fused-ring (bicyclic) bond motifs is 1. The van der Waals surface area contributed by atoms with Gasteiger partial charge < -0.3 is 4.74 Å². The largest absolute Gasteiger partial charge is 0.448 e. The van der Waals surface area contributed by atoms with Gasteiger partial charge in [-0.25, -0.2) is 4.39 Å². The van der Waals surface area contributed by atoms with E-state index in [2.05, 4.69) is 15.1 Å². The highest BCUT2D eigenvalue weighted by atomic mass is 35.5. The number of para-hydroxylation sites is 1. The summed E-state index contributed by atoms with van der Waals surface area (Å²) >= 11 is 12.0. The Hall–Kier alpha value is -1.92. The maximum absolute atomic E-state index is 13.5. The normalized spacial score (nSPS) is 10.9. The van der Waals surface area contributed by atoms with Gasteiger partial charge in [-0.3, -0.25) is 0 Å². The minimum absolute atomic E-state index is 0.00688. The van der Waals surface area contributed by atoms with Gasteiger partial charge in [-0.15, -0.1) is 0 Å². The standard InChI is InChI=1S/C11H5Cl2FN4O/c12-9-8(19-7-4-2-1-3-6(7)14)10(13)18-11(17-9)15-5-16-18/h1-5H. The third-order valence-electron chi connectivity index (χ3n) is 2.34. The van der Waals surface area contributed by atoms with Gasteiger partial charge >= 0.3 is 0 Å². The summed E-state index contributed by atoms with van der Waals surface area (Å²) in [5, 5.41) is 3.91. The van der Waals surface area contributed by atoms with Crippen molar-refractivity contribution in [2.24, 2.45) is 0 Å². The van der Waals surface area contributed by atoms with Crippen molar-refractivity contribution in [2.75, 3.05) is 0 Å². The Kier molecular flexibility index (Phi) is 2.96. The molecule has 0 fully saturated rings. The van der Waals surface area contributed by atoms with Crippen molar-refractivity contribution in [2.45, 2.75) is 0 Å². The van der Waals surface area contributed by atoms with Gasteiger partial charge in [-0.05, 0) is 12.1 Å². The molecule has 0 amide bonds. The Morgan fingerprint density at radius 2 is 2.00 bits per heavy atom. The molecule has 0 spiro atoms. The van der Waals surface area contributed by atoms with Crippen LogP contribution in [0.1, 0.15) is 0 Å². The number of ether oxygens (including phenoxy) is 1. The second-order valence-electron chi connectivity index (χ2n) is 3.53.